The molecule has 144 valence electrons. The van der Waals surface area contributed by atoms with E-state index in [9.17, 15) is 4.79 Å². The number of anilines is 1. The van der Waals surface area contributed by atoms with Crippen molar-refractivity contribution in [2.24, 2.45) is 0 Å². The molecule has 1 atom stereocenters. The molecule has 27 heavy (non-hydrogen) atoms. The first-order valence-electron chi connectivity index (χ1n) is 9.63. The van der Waals surface area contributed by atoms with Crippen LogP contribution in [-0.2, 0) is 6.42 Å². The molecule has 2 aromatic rings. The number of rotatable bonds is 4. The summed E-state index contributed by atoms with van der Waals surface area (Å²) in [5, 5.41) is 3.02. The number of likely N-dealkylation sites (tertiary alicyclic amines) is 1. The second-order valence-electron chi connectivity index (χ2n) is 7.18. The number of amides is 2. The lowest BCUT2D eigenvalue weighted by Gasteiger charge is -2.32. The van der Waals surface area contributed by atoms with Gasteiger partial charge in [0.15, 0.2) is 0 Å². The van der Waals surface area contributed by atoms with Crippen LogP contribution in [0.15, 0.2) is 30.9 Å². The van der Waals surface area contributed by atoms with Crippen molar-refractivity contribution in [2.75, 3.05) is 25.0 Å². The Labute approximate surface area is 159 Å². The second kappa shape index (κ2) is 7.50. The first-order chi connectivity index (χ1) is 13.1. The summed E-state index contributed by atoms with van der Waals surface area (Å²) in [7, 11) is 0. The van der Waals surface area contributed by atoms with Gasteiger partial charge >= 0.3 is 6.03 Å². The van der Waals surface area contributed by atoms with Crippen LogP contribution in [-0.4, -0.2) is 46.3 Å². The molecule has 2 aliphatic rings. The molecule has 0 spiro atoms. The van der Waals surface area contributed by atoms with Crippen LogP contribution in [0.3, 0.4) is 0 Å². The van der Waals surface area contributed by atoms with Crippen molar-refractivity contribution in [3.05, 3.63) is 36.4 Å². The molecule has 0 bridgehead atoms. The van der Waals surface area contributed by atoms with Gasteiger partial charge in [-0.05, 0) is 32.8 Å². The molecule has 0 saturated carbocycles. The van der Waals surface area contributed by atoms with Crippen LogP contribution in [0.4, 0.5) is 10.5 Å². The number of carbonyl (C=O) groups is 1. The highest BCUT2D eigenvalue weighted by Gasteiger charge is 2.26. The molecule has 1 aromatic heterocycles. The van der Waals surface area contributed by atoms with E-state index in [-0.39, 0.29) is 12.1 Å². The smallest absolute Gasteiger partial charge is 0.321 e. The number of ether oxygens (including phenoxy) is 2. The maximum Gasteiger partial charge on any atom is 0.321 e. The SMILES string of the molecule is CCOc1cc2c(cc1NC(=O)N1CCC(n3ccnc3)CC1)OC(C)C2. The van der Waals surface area contributed by atoms with E-state index in [2.05, 4.69) is 14.9 Å². The van der Waals surface area contributed by atoms with Crippen molar-refractivity contribution in [2.45, 2.75) is 45.3 Å². The Hall–Kier alpha value is -2.70. The van der Waals surface area contributed by atoms with Crippen molar-refractivity contribution in [1.82, 2.24) is 14.5 Å². The predicted molar refractivity (Wildman–Crippen MR) is 102 cm³/mol. The highest BCUT2D eigenvalue weighted by atomic mass is 16.5. The molecule has 1 fully saturated rings. The number of carbonyl (C=O) groups excluding carboxylic acids is 1. The molecule has 0 radical (unpaired) electrons. The van der Waals surface area contributed by atoms with Crippen LogP contribution in [0, 0.1) is 0 Å². The Morgan fingerprint density at radius 3 is 2.89 bits per heavy atom. The van der Waals surface area contributed by atoms with Crippen molar-refractivity contribution >= 4 is 11.7 Å². The van der Waals surface area contributed by atoms with Crippen molar-refractivity contribution < 1.29 is 14.3 Å². The molecule has 1 unspecified atom stereocenters. The fourth-order valence-electron chi connectivity index (χ4n) is 3.86. The second-order valence-corrected chi connectivity index (χ2v) is 7.18. The van der Waals surface area contributed by atoms with E-state index < -0.39 is 0 Å². The topological polar surface area (TPSA) is 68.6 Å². The minimum atomic E-state index is -0.0916. The number of urea groups is 1. The maximum absolute atomic E-state index is 12.8. The summed E-state index contributed by atoms with van der Waals surface area (Å²) in [5.74, 6) is 1.54. The van der Waals surface area contributed by atoms with Gasteiger partial charge in [-0.25, -0.2) is 9.78 Å². The molecule has 1 N–H and O–H groups in total. The lowest BCUT2D eigenvalue weighted by atomic mass is 10.1. The lowest BCUT2D eigenvalue weighted by Crippen LogP contribution is -2.41. The normalized spacial score (nSPS) is 19.5. The molecule has 4 rings (SSSR count). The Morgan fingerprint density at radius 1 is 1.37 bits per heavy atom. The zero-order valence-electron chi connectivity index (χ0n) is 15.9. The number of imidazole rings is 1. The van der Waals surface area contributed by atoms with E-state index in [1.54, 1.807) is 6.20 Å². The summed E-state index contributed by atoms with van der Waals surface area (Å²) in [6.07, 6.45) is 8.50. The van der Waals surface area contributed by atoms with E-state index in [0.29, 0.717) is 24.1 Å². The number of hydrogen-bond donors (Lipinski definition) is 1. The molecule has 7 heteroatoms. The third kappa shape index (κ3) is 3.72. The van der Waals surface area contributed by atoms with Gasteiger partial charge in [0.05, 0.1) is 18.6 Å². The summed E-state index contributed by atoms with van der Waals surface area (Å²) < 4.78 is 13.7. The quantitative estimate of drug-likeness (QED) is 0.895. The molecular weight excluding hydrogens is 344 g/mol. The van der Waals surface area contributed by atoms with Gasteiger partial charge < -0.3 is 24.3 Å². The zero-order valence-corrected chi connectivity index (χ0v) is 15.9. The van der Waals surface area contributed by atoms with Crippen LogP contribution >= 0.6 is 0 Å². The van der Waals surface area contributed by atoms with Crippen LogP contribution in [0.5, 0.6) is 11.5 Å². The average molecular weight is 370 g/mol. The minimum Gasteiger partial charge on any atom is -0.492 e. The maximum atomic E-state index is 12.8. The van der Waals surface area contributed by atoms with Gasteiger partial charge in [-0.2, -0.15) is 0 Å². The van der Waals surface area contributed by atoms with E-state index in [1.165, 1.54) is 0 Å². The van der Waals surface area contributed by atoms with E-state index in [0.717, 1.165) is 43.7 Å². The third-order valence-corrected chi connectivity index (χ3v) is 5.24. The standard InChI is InChI=1S/C20H26N4O3/c1-3-26-19-11-15-10-14(2)27-18(15)12-17(19)22-20(25)23-7-4-16(5-8-23)24-9-6-21-13-24/h6,9,11-14,16H,3-5,7-8,10H2,1-2H3,(H,22,25). The zero-order chi connectivity index (χ0) is 18.8. The van der Waals surface area contributed by atoms with Crippen LogP contribution in [0.2, 0.25) is 0 Å². The molecule has 1 aromatic carbocycles. The number of benzene rings is 1. The Bertz CT molecular complexity index is 798. The van der Waals surface area contributed by atoms with Gasteiger partial charge in [-0.1, -0.05) is 0 Å². The van der Waals surface area contributed by atoms with Gasteiger partial charge in [0, 0.05) is 49.6 Å². The number of aromatic nitrogens is 2. The highest BCUT2D eigenvalue weighted by Crippen LogP contribution is 2.38. The molecule has 2 aliphatic heterocycles. The summed E-state index contributed by atoms with van der Waals surface area (Å²) >= 11 is 0. The number of piperidine rings is 1. The minimum absolute atomic E-state index is 0.0916. The van der Waals surface area contributed by atoms with E-state index >= 15 is 0 Å². The van der Waals surface area contributed by atoms with Crippen LogP contribution in [0.25, 0.3) is 0 Å². The van der Waals surface area contributed by atoms with Gasteiger partial charge in [0.1, 0.15) is 17.6 Å². The molecule has 2 amide bonds. The number of hydrogen-bond acceptors (Lipinski definition) is 4. The first-order valence-corrected chi connectivity index (χ1v) is 9.63. The average Bonchev–Trinajstić information content (AvgIpc) is 3.31. The Morgan fingerprint density at radius 2 is 2.19 bits per heavy atom. The fraction of sp³-hybridized carbons (Fsp3) is 0.500. The molecular formula is C20H26N4O3. The van der Waals surface area contributed by atoms with Gasteiger partial charge in [0.25, 0.3) is 0 Å². The summed E-state index contributed by atoms with van der Waals surface area (Å²) in [6.45, 7) is 5.98. The summed E-state index contributed by atoms with van der Waals surface area (Å²) in [6, 6.07) is 4.19. The molecule has 3 heterocycles. The monoisotopic (exact) mass is 370 g/mol. The molecule has 1 saturated heterocycles. The Balaban J connectivity index is 1.43. The van der Waals surface area contributed by atoms with Crippen molar-refractivity contribution in [3.63, 3.8) is 0 Å². The highest BCUT2D eigenvalue weighted by molar-refractivity contribution is 5.91. The van der Waals surface area contributed by atoms with Crippen LogP contribution < -0.4 is 14.8 Å². The van der Waals surface area contributed by atoms with Gasteiger partial charge in [0.2, 0.25) is 0 Å². The summed E-state index contributed by atoms with van der Waals surface area (Å²) in [5.41, 5.74) is 1.80. The lowest BCUT2D eigenvalue weighted by molar-refractivity contribution is 0.183. The molecule has 7 nitrogen and oxygen atoms in total. The predicted octanol–water partition coefficient (Wildman–Crippen LogP) is 3.47. The van der Waals surface area contributed by atoms with Crippen molar-refractivity contribution in [3.8, 4) is 11.5 Å². The number of nitrogens with one attached hydrogen (secondary N) is 1. The molecule has 0 aliphatic carbocycles. The fourth-order valence-corrected chi connectivity index (χ4v) is 3.86. The summed E-state index contributed by atoms with van der Waals surface area (Å²) in [4.78, 5) is 18.8. The largest absolute Gasteiger partial charge is 0.492 e. The van der Waals surface area contributed by atoms with Crippen LogP contribution in [0.1, 0.15) is 38.3 Å². The number of fused-ring (bicyclic) bond motifs is 1. The van der Waals surface area contributed by atoms with Crippen molar-refractivity contribution in [1.29, 1.82) is 0 Å². The van der Waals surface area contributed by atoms with Gasteiger partial charge in [-0.15, -0.1) is 0 Å². The first kappa shape index (κ1) is 17.7. The van der Waals surface area contributed by atoms with E-state index in [1.807, 2.05) is 43.4 Å². The Kier molecular flexibility index (Phi) is 4.92. The third-order valence-electron chi connectivity index (χ3n) is 5.24. The van der Waals surface area contributed by atoms with Gasteiger partial charge in [-0.3, -0.25) is 0 Å². The van der Waals surface area contributed by atoms with E-state index in [4.69, 9.17) is 9.47 Å². The number of nitrogens with zero attached hydrogens (tertiary/aromatic N) is 3.